The Kier molecular flexibility index (Phi) is 5.45. The Bertz CT molecular complexity index is 876. The average molecular weight is 411 g/mol. The van der Waals surface area contributed by atoms with Gasteiger partial charge in [0, 0.05) is 38.1 Å². The van der Waals surface area contributed by atoms with Crippen LogP contribution >= 0.6 is 0 Å². The maximum Gasteiger partial charge on any atom is 0.134 e. The van der Waals surface area contributed by atoms with Crippen LogP contribution in [0.1, 0.15) is 24.3 Å². The molecule has 8 heteroatoms. The molecule has 0 spiro atoms. The fourth-order valence-corrected chi connectivity index (χ4v) is 4.45. The second-order valence-corrected chi connectivity index (χ2v) is 8.51. The van der Waals surface area contributed by atoms with Gasteiger partial charge in [0.05, 0.1) is 25.4 Å². The van der Waals surface area contributed by atoms with Gasteiger partial charge in [-0.15, -0.1) is 0 Å². The van der Waals surface area contributed by atoms with Gasteiger partial charge in [-0.25, -0.2) is 9.97 Å². The molecule has 0 aromatic carbocycles. The van der Waals surface area contributed by atoms with E-state index < -0.39 is 0 Å². The van der Waals surface area contributed by atoms with E-state index in [9.17, 15) is 0 Å². The molecular formula is C22H30N6O2. The van der Waals surface area contributed by atoms with Crippen molar-refractivity contribution in [3.05, 3.63) is 36.0 Å². The van der Waals surface area contributed by atoms with Crippen LogP contribution in [0.5, 0.6) is 0 Å². The van der Waals surface area contributed by atoms with E-state index in [1.807, 2.05) is 6.07 Å². The molecule has 0 radical (unpaired) electrons. The van der Waals surface area contributed by atoms with Gasteiger partial charge in [-0.3, -0.25) is 4.90 Å². The molecule has 3 fully saturated rings. The molecule has 0 bridgehead atoms. The van der Waals surface area contributed by atoms with Crippen molar-refractivity contribution in [2.75, 3.05) is 62.5 Å². The SMILES string of the molecule is COC1CN(c2cc(C3CCN(C4COC4)CC3)cc(Nc3cc(N)ccn3)n2)C1. The number of piperidine rings is 1. The summed E-state index contributed by atoms with van der Waals surface area (Å²) in [5, 5.41) is 3.35. The predicted molar refractivity (Wildman–Crippen MR) is 117 cm³/mol. The Morgan fingerprint density at radius 1 is 1.13 bits per heavy atom. The first-order chi connectivity index (χ1) is 14.7. The van der Waals surface area contributed by atoms with E-state index in [4.69, 9.17) is 20.2 Å². The van der Waals surface area contributed by atoms with Gasteiger partial charge in [0.25, 0.3) is 0 Å². The highest BCUT2D eigenvalue weighted by atomic mass is 16.5. The number of rotatable bonds is 6. The van der Waals surface area contributed by atoms with Crippen LogP contribution in [-0.2, 0) is 9.47 Å². The fourth-order valence-electron chi connectivity index (χ4n) is 4.45. The van der Waals surface area contributed by atoms with Crippen LogP contribution in [0.3, 0.4) is 0 Å². The van der Waals surface area contributed by atoms with Gasteiger partial charge < -0.3 is 25.4 Å². The largest absolute Gasteiger partial charge is 0.399 e. The molecule has 3 saturated heterocycles. The molecular weight excluding hydrogens is 380 g/mol. The molecule has 0 aliphatic carbocycles. The maximum absolute atomic E-state index is 5.92. The van der Waals surface area contributed by atoms with Crippen molar-refractivity contribution in [1.29, 1.82) is 0 Å². The number of nitrogens with one attached hydrogen (secondary N) is 1. The van der Waals surface area contributed by atoms with Crippen LogP contribution in [0.15, 0.2) is 30.5 Å². The lowest BCUT2D eigenvalue weighted by Gasteiger charge is -2.42. The molecule has 30 heavy (non-hydrogen) atoms. The third-order valence-electron chi connectivity index (χ3n) is 6.52. The Morgan fingerprint density at radius 2 is 1.93 bits per heavy atom. The molecule has 3 N–H and O–H groups in total. The minimum absolute atomic E-state index is 0.287. The number of likely N-dealkylation sites (tertiary alicyclic amines) is 1. The van der Waals surface area contributed by atoms with E-state index in [-0.39, 0.29) is 6.10 Å². The molecule has 5 rings (SSSR count). The Morgan fingerprint density at radius 3 is 2.60 bits per heavy atom. The van der Waals surface area contributed by atoms with E-state index in [0.717, 1.165) is 63.9 Å². The number of pyridine rings is 2. The molecule has 5 heterocycles. The molecule has 8 nitrogen and oxygen atoms in total. The maximum atomic E-state index is 5.92. The first-order valence-corrected chi connectivity index (χ1v) is 10.8. The number of anilines is 4. The lowest BCUT2D eigenvalue weighted by Crippen LogP contribution is -2.52. The van der Waals surface area contributed by atoms with E-state index in [1.54, 1.807) is 19.4 Å². The van der Waals surface area contributed by atoms with Crippen molar-refractivity contribution in [3.8, 4) is 0 Å². The van der Waals surface area contributed by atoms with Gasteiger partial charge in [-0.05, 0) is 55.6 Å². The van der Waals surface area contributed by atoms with Crippen molar-refractivity contribution in [2.45, 2.75) is 30.9 Å². The molecule has 0 atom stereocenters. The molecule has 0 amide bonds. The summed E-state index contributed by atoms with van der Waals surface area (Å²) in [6.45, 7) is 5.80. The summed E-state index contributed by atoms with van der Waals surface area (Å²) in [5.41, 5.74) is 7.94. The van der Waals surface area contributed by atoms with Gasteiger partial charge in [0.15, 0.2) is 0 Å². The van der Waals surface area contributed by atoms with Crippen molar-refractivity contribution in [3.63, 3.8) is 0 Å². The van der Waals surface area contributed by atoms with Crippen molar-refractivity contribution < 1.29 is 9.47 Å². The highest BCUT2D eigenvalue weighted by molar-refractivity contribution is 5.61. The molecule has 2 aromatic heterocycles. The second-order valence-electron chi connectivity index (χ2n) is 8.51. The summed E-state index contributed by atoms with van der Waals surface area (Å²) in [7, 11) is 1.77. The van der Waals surface area contributed by atoms with Crippen LogP contribution in [0, 0.1) is 0 Å². The Labute approximate surface area is 177 Å². The third kappa shape index (κ3) is 4.08. The topological polar surface area (TPSA) is 88.8 Å². The first kappa shape index (κ1) is 19.5. The lowest BCUT2D eigenvalue weighted by atomic mass is 9.88. The quantitative estimate of drug-likeness (QED) is 0.749. The Hall–Kier alpha value is -2.42. The smallest absolute Gasteiger partial charge is 0.134 e. The summed E-state index contributed by atoms with van der Waals surface area (Å²) in [4.78, 5) is 14.1. The third-order valence-corrected chi connectivity index (χ3v) is 6.52. The lowest BCUT2D eigenvalue weighted by molar-refractivity contribution is -0.0712. The number of nitrogens with zero attached hydrogens (tertiary/aromatic N) is 4. The summed E-state index contributed by atoms with van der Waals surface area (Å²) in [5.74, 6) is 3.07. The minimum Gasteiger partial charge on any atom is -0.399 e. The summed E-state index contributed by atoms with van der Waals surface area (Å²) in [6.07, 6.45) is 4.32. The summed E-state index contributed by atoms with van der Waals surface area (Å²) < 4.78 is 10.8. The van der Waals surface area contributed by atoms with E-state index in [2.05, 4.69) is 32.2 Å². The average Bonchev–Trinajstić information content (AvgIpc) is 2.66. The second kappa shape index (κ2) is 8.37. The monoisotopic (exact) mass is 410 g/mol. The number of nitrogen functional groups attached to an aromatic ring is 1. The van der Waals surface area contributed by atoms with Gasteiger partial charge in [0.2, 0.25) is 0 Å². The zero-order valence-corrected chi connectivity index (χ0v) is 17.5. The van der Waals surface area contributed by atoms with Crippen LogP contribution in [0.2, 0.25) is 0 Å². The van der Waals surface area contributed by atoms with Crippen LogP contribution in [-0.4, -0.2) is 73.5 Å². The first-order valence-electron chi connectivity index (χ1n) is 10.8. The highest BCUT2D eigenvalue weighted by Gasteiger charge is 2.32. The number of hydrogen-bond acceptors (Lipinski definition) is 8. The normalized spacial score (nSPS) is 21.3. The molecule has 3 aliphatic rings. The van der Waals surface area contributed by atoms with Crippen LogP contribution in [0.25, 0.3) is 0 Å². The van der Waals surface area contributed by atoms with Crippen molar-refractivity contribution in [1.82, 2.24) is 14.9 Å². The number of ether oxygens (including phenoxy) is 2. The summed E-state index contributed by atoms with van der Waals surface area (Å²) >= 11 is 0. The molecule has 0 unspecified atom stereocenters. The van der Waals surface area contributed by atoms with Crippen LogP contribution in [0.4, 0.5) is 23.1 Å². The van der Waals surface area contributed by atoms with Crippen molar-refractivity contribution in [2.24, 2.45) is 0 Å². The standard InChI is InChI=1S/C22H30N6O2/c1-29-19-11-28(12-19)22-9-16(15-3-6-27(7-4-15)18-13-30-14-18)8-21(26-22)25-20-10-17(23)2-5-24-20/h2,5,8-10,15,18-19H,3-4,6-7,11-14H2,1H3,(H3,23,24,25,26). The minimum atomic E-state index is 0.287. The number of methoxy groups -OCH3 is 1. The molecule has 3 aliphatic heterocycles. The number of nitrogens with two attached hydrogens (primary N) is 1. The number of hydrogen-bond donors (Lipinski definition) is 2. The van der Waals surface area contributed by atoms with Gasteiger partial charge >= 0.3 is 0 Å². The van der Waals surface area contributed by atoms with Gasteiger partial charge in [-0.2, -0.15) is 0 Å². The predicted octanol–water partition coefficient (Wildman–Crippen LogP) is 2.22. The van der Waals surface area contributed by atoms with Gasteiger partial charge in [0.1, 0.15) is 17.5 Å². The molecule has 160 valence electrons. The fraction of sp³-hybridized carbons (Fsp3) is 0.545. The van der Waals surface area contributed by atoms with Crippen molar-refractivity contribution >= 4 is 23.1 Å². The zero-order chi connectivity index (χ0) is 20.5. The van der Waals surface area contributed by atoms with E-state index in [1.165, 1.54) is 5.56 Å². The van der Waals surface area contributed by atoms with E-state index in [0.29, 0.717) is 23.5 Å². The highest BCUT2D eigenvalue weighted by Crippen LogP contribution is 2.34. The van der Waals surface area contributed by atoms with Gasteiger partial charge in [-0.1, -0.05) is 0 Å². The molecule has 2 aromatic rings. The zero-order valence-electron chi connectivity index (χ0n) is 17.5. The molecule has 0 saturated carbocycles. The van der Waals surface area contributed by atoms with Crippen LogP contribution < -0.4 is 16.0 Å². The Balaban J connectivity index is 1.35. The number of aromatic nitrogens is 2. The summed E-state index contributed by atoms with van der Waals surface area (Å²) in [6, 6.07) is 8.67. The van der Waals surface area contributed by atoms with E-state index >= 15 is 0 Å².